The van der Waals surface area contributed by atoms with Gasteiger partial charge in [-0.2, -0.15) is 0 Å². The predicted octanol–water partition coefficient (Wildman–Crippen LogP) is 2.05. The van der Waals surface area contributed by atoms with Crippen LogP contribution in [0.4, 0.5) is 4.79 Å². The fraction of sp³-hybridized carbons (Fsp3) is 0.600. The van der Waals surface area contributed by atoms with Gasteiger partial charge in [-0.1, -0.05) is 13.8 Å². The van der Waals surface area contributed by atoms with Crippen LogP contribution in [-0.2, 0) is 14.3 Å². The standard InChI is InChI=1S/C20H28N2O5/c1-11-14-9-20(3)12(2)17(27-19(25)21(4)10-23)16(26-6)8-13(20)7-15(14)22(5)18(11)24/h7-8,12,16-17,23H,9-10H2,1-6H3/t12-,16-,17+,20+/m0/s1. The summed E-state index contributed by atoms with van der Waals surface area (Å²) in [6.07, 6.45) is 3.28. The SMILES string of the molecule is CO[C@H]1C=C2C=C3C(=C(C)C(=O)N3C)C[C@]2(C)[C@@H](C)[C@H]1OC(=O)N(C)CO. The molecule has 0 bridgehead atoms. The lowest BCUT2D eigenvalue weighted by molar-refractivity contribution is -0.123. The van der Waals surface area contributed by atoms with Crippen molar-refractivity contribution in [2.24, 2.45) is 11.3 Å². The average molecular weight is 376 g/mol. The molecule has 1 aliphatic heterocycles. The molecule has 0 saturated heterocycles. The normalized spacial score (nSPS) is 32.6. The molecule has 0 aromatic rings. The molecule has 0 aromatic carbocycles. The number of ether oxygens (including phenoxy) is 2. The number of hydrogen-bond acceptors (Lipinski definition) is 5. The smallest absolute Gasteiger partial charge is 0.411 e. The molecule has 3 rings (SSSR count). The van der Waals surface area contributed by atoms with Crippen LogP contribution in [0.2, 0.25) is 0 Å². The number of fused-ring (bicyclic) bond motifs is 2. The number of carbonyl (C=O) groups is 2. The van der Waals surface area contributed by atoms with E-state index in [1.54, 1.807) is 19.1 Å². The first-order valence-corrected chi connectivity index (χ1v) is 9.13. The molecule has 7 nitrogen and oxygen atoms in total. The van der Waals surface area contributed by atoms with Gasteiger partial charge in [-0.15, -0.1) is 0 Å². The Morgan fingerprint density at radius 1 is 1.48 bits per heavy atom. The van der Waals surface area contributed by atoms with Gasteiger partial charge in [0.05, 0.1) is 0 Å². The van der Waals surface area contributed by atoms with Gasteiger partial charge in [-0.3, -0.25) is 9.69 Å². The van der Waals surface area contributed by atoms with Crippen LogP contribution in [-0.4, -0.2) is 67.1 Å². The van der Waals surface area contributed by atoms with Crippen molar-refractivity contribution in [2.75, 3.05) is 27.9 Å². The first kappa shape index (κ1) is 19.6. The number of hydrogen-bond donors (Lipinski definition) is 1. The zero-order valence-corrected chi connectivity index (χ0v) is 16.8. The lowest BCUT2D eigenvalue weighted by Crippen LogP contribution is -2.50. The Kier molecular flexibility index (Phi) is 4.94. The molecule has 7 heteroatoms. The van der Waals surface area contributed by atoms with Crippen LogP contribution in [0.15, 0.2) is 34.6 Å². The lowest BCUT2D eigenvalue weighted by atomic mass is 9.59. The van der Waals surface area contributed by atoms with Gasteiger partial charge in [0.15, 0.2) is 0 Å². The Bertz CT molecular complexity index is 768. The molecule has 2 aliphatic carbocycles. The fourth-order valence-corrected chi connectivity index (χ4v) is 4.29. The molecule has 1 N–H and O–H groups in total. The van der Waals surface area contributed by atoms with Crippen LogP contribution in [0.1, 0.15) is 27.2 Å². The quantitative estimate of drug-likeness (QED) is 0.763. The van der Waals surface area contributed by atoms with Gasteiger partial charge in [0.25, 0.3) is 5.91 Å². The van der Waals surface area contributed by atoms with E-state index < -0.39 is 25.0 Å². The third kappa shape index (κ3) is 2.89. The van der Waals surface area contributed by atoms with E-state index in [0.717, 1.165) is 27.3 Å². The second kappa shape index (κ2) is 6.80. The Balaban J connectivity index is 2.01. The number of rotatable bonds is 3. The lowest BCUT2D eigenvalue weighted by Gasteiger charge is -2.48. The predicted molar refractivity (Wildman–Crippen MR) is 99.4 cm³/mol. The Labute approximate surface area is 159 Å². The number of carbonyl (C=O) groups excluding carboxylic acids is 2. The number of aliphatic hydroxyl groups excluding tert-OH is 1. The zero-order valence-electron chi connectivity index (χ0n) is 16.8. The van der Waals surface area contributed by atoms with Crippen molar-refractivity contribution in [1.82, 2.24) is 9.80 Å². The molecule has 0 saturated carbocycles. The minimum Gasteiger partial charge on any atom is -0.443 e. The summed E-state index contributed by atoms with van der Waals surface area (Å²) in [5.41, 5.74) is 3.58. The maximum Gasteiger partial charge on any atom is 0.411 e. The van der Waals surface area contributed by atoms with Crippen LogP contribution >= 0.6 is 0 Å². The van der Waals surface area contributed by atoms with E-state index in [-0.39, 0.29) is 17.2 Å². The van der Waals surface area contributed by atoms with Crippen molar-refractivity contribution >= 4 is 12.0 Å². The maximum atomic E-state index is 12.4. The zero-order chi connectivity index (χ0) is 20.1. The molecule has 2 amide bonds. The van der Waals surface area contributed by atoms with E-state index in [1.165, 1.54) is 7.05 Å². The number of amides is 2. The van der Waals surface area contributed by atoms with Crippen LogP contribution in [0, 0.1) is 11.3 Å². The molecule has 4 atom stereocenters. The van der Waals surface area contributed by atoms with Crippen LogP contribution in [0.25, 0.3) is 0 Å². The molecular formula is C20H28N2O5. The summed E-state index contributed by atoms with van der Waals surface area (Å²) in [6.45, 7) is 5.64. The van der Waals surface area contributed by atoms with Gasteiger partial charge in [0.1, 0.15) is 18.9 Å². The second-order valence-corrected chi connectivity index (χ2v) is 7.89. The highest BCUT2D eigenvalue weighted by molar-refractivity contribution is 6.00. The molecule has 148 valence electrons. The highest BCUT2D eigenvalue weighted by Crippen LogP contribution is 2.54. The van der Waals surface area contributed by atoms with Gasteiger partial charge in [-0.05, 0) is 36.6 Å². The van der Waals surface area contributed by atoms with Crippen LogP contribution in [0.5, 0.6) is 0 Å². The Morgan fingerprint density at radius 3 is 2.74 bits per heavy atom. The van der Waals surface area contributed by atoms with Crippen LogP contribution in [0.3, 0.4) is 0 Å². The maximum absolute atomic E-state index is 12.4. The summed E-state index contributed by atoms with van der Waals surface area (Å²) in [5.74, 6) is -0.0137. The van der Waals surface area contributed by atoms with Crippen molar-refractivity contribution < 1.29 is 24.2 Å². The molecule has 3 aliphatic rings. The van der Waals surface area contributed by atoms with E-state index >= 15 is 0 Å². The highest BCUT2D eigenvalue weighted by atomic mass is 16.6. The summed E-state index contributed by atoms with van der Waals surface area (Å²) in [4.78, 5) is 27.4. The summed E-state index contributed by atoms with van der Waals surface area (Å²) >= 11 is 0. The first-order chi connectivity index (χ1) is 12.7. The third-order valence-corrected chi connectivity index (χ3v) is 6.44. The average Bonchev–Trinajstić information content (AvgIpc) is 2.85. The van der Waals surface area contributed by atoms with Crippen molar-refractivity contribution in [3.63, 3.8) is 0 Å². The molecule has 1 heterocycles. The number of nitrogens with zero attached hydrogens (tertiary/aromatic N) is 2. The topological polar surface area (TPSA) is 79.3 Å². The Hall–Kier alpha value is -2.12. The molecule has 0 fully saturated rings. The largest absolute Gasteiger partial charge is 0.443 e. The van der Waals surface area contributed by atoms with Crippen LogP contribution < -0.4 is 0 Å². The molecule has 0 spiro atoms. The number of allylic oxidation sites excluding steroid dienone is 3. The van der Waals surface area contributed by atoms with Crippen molar-refractivity contribution in [3.8, 4) is 0 Å². The van der Waals surface area contributed by atoms with Crippen molar-refractivity contribution in [3.05, 3.63) is 34.6 Å². The Morgan fingerprint density at radius 2 is 2.15 bits per heavy atom. The van der Waals surface area contributed by atoms with Gasteiger partial charge in [0, 0.05) is 43.8 Å². The van der Waals surface area contributed by atoms with E-state index in [2.05, 4.69) is 13.0 Å². The summed E-state index contributed by atoms with van der Waals surface area (Å²) < 4.78 is 11.3. The summed E-state index contributed by atoms with van der Waals surface area (Å²) in [5, 5.41) is 9.17. The third-order valence-electron chi connectivity index (χ3n) is 6.44. The van der Waals surface area contributed by atoms with Crippen molar-refractivity contribution in [2.45, 2.75) is 39.4 Å². The minimum absolute atomic E-state index is 0.0302. The van der Waals surface area contributed by atoms with E-state index in [1.807, 2.05) is 19.9 Å². The van der Waals surface area contributed by atoms with Gasteiger partial charge in [0.2, 0.25) is 0 Å². The van der Waals surface area contributed by atoms with Gasteiger partial charge < -0.3 is 19.5 Å². The summed E-state index contributed by atoms with van der Waals surface area (Å²) in [6, 6.07) is 0. The highest BCUT2D eigenvalue weighted by Gasteiger charge is 2.51. The van der Waals surface area contributed by atoms with Crippen molar-refractivity contribution in [1.29, 1.82) is 0 Å². The molecular weight excluding hydrogens is 348 g/mol. The van der Waals surface area contributed by atoms with Gasteiger partial charge >= 0.3 is 6.09 Å². The number of methoxy groups -OCH3 is 1. The number of aliphatic hydroxyl groups is 1. The molecule has 0 unspecified atom stereocenters. The fourth-order valence-electron chi connectivity index (χ4n) is 4.29. The molecule has 0 aromatic heterocycles. The number of likely N-dealkylation sites (N-methyl/N-ethyl adjacent to an activating group) is 1. The molecule has 27 heavy (non-hydrogen) atoms. The van der Waals surface area contributed by atoms with E-state index in [9.17, 15) is 14.7 Å². The van der Waals surface area contributed by atoms with E-state index in [4.69, 9.17) is 9.47 Å². The minimum atomic E-state index is -0.588. The van der Waals surface area contributed by atoms with Gasteiger partial charge in [-0.25, -0.2) is 4.79 Å². The monoisotopic (exact) mass is 376 g/mol. The summed E-state index contributed by atoms with van der Waals surface area (Å²) in [7, 11) is 4.86. The first-order valence-electron chi connectivity index (χ1n) is 9.13. The molecule has 0 radical (unpaired) electrons. The second-order valence-electron chi connectivity index (χ2n) is 7.89. The van der Waals surface area contributed by atoms with E-state index in [0.29, 0.717) is 6.42 Å².